The Balaban J connectivity index is 0.000000531. The van der Waals surface area contributed by atoms with Gasteiger partial charge < -0.3 is 5.73 Å². The van der Waals surface area contributed by atoms with Gasteiger partial charge in [-0.15, -0.1) is 0 Å². The average molecular weight is 201 g/mol. The molecule has 1 aromatic heterocycles. The minimum Gasteiger partial charge on any atom is -0.364 e. The summed E-state index contributed by atoms with van der Waals surface area (Å²) in [5.41, 5.74) is 6.69. The number of primary amides is 1. The number of rotatable bonds is 1. The van der Waals surface area contributed by atoms with Crippen LogP contribution in [0.5, 0.6) is 0 Å². The van der Waals surface area contributed by atoms with Crippen LogP contribution in [0.1, 0.15) is 24.3 Å². The number of nitrogens with one attached hydrogen (secondary N) is 1. The molecular formula is C10H12BN3O. The molecule has 1 amide bonds. The van der Waals surface area contributed by atoms with Gasteiger partial charge in [0.1, 0.15) is 7.85 Å². The van der Waals surface area contributed by atoms with Gasteiger partial charge >= 0.3 is 0 Å². The van der Waals surface area contributed by atoms with Crippen molar-refractivity contribution in [2.75, 3.05) is 0 Å². The van der Waals surface area contributed by atoms with E-state index in [9.17, 15) is 4.79 Å². The van der Waals surface area contributed by atoms with E-state index in [1.165, 1.54) is 0 Å². The molecule has 2 aromatic rings. The van der Waals surface area contributed by atoms with E-state index in [4.69, 9.17) is 13.6 Å². The second kappa shape index (κ2) is 4.64. The average Bonchev–Trinajstić information content (AvgIpc) is 2.63. The molecule has 0 saturated heterocycles. The largest absolute Gasteiger partial charge is 0.364 e. The highest BCUT2D eigenvalue weighted by Crippen LogP contribution is 2.12. The molecule has 5 heteroatoms. The summed E-state index contributed by atoms with van der Waals surface area (Å²) in [5.74, 6) is -0.545. The third-order valence-electron chi connectivity index (χ3n) is 1.82. The van der Waals surface area contributed by atoms with Gasteiger partial charge in [-0.25, -0.2) is 0 Å². The maximum absolute atomic E-state index is 10.9. The van der Waals surface area contributed by atoms with Crippen LogP contribution in [-0.2, 0) is 0 Å². The van der Waals surface area contributed by atoms with E-state index in [1.54, 1.807) is 18.2 Å². The lowest BCUT2D eigenvalue weighted by Crippen LogP contribution is -2.11. The van der Waals surface area contributed by atoms with Crippen LogP contribution < -0.4 is 11.2 Å². The fraction of sp³-hybridized carbons (Fsp3) is 0.200. The third kappa shape index (κ3) is 2.18. The highest BCUT2D eigenvalue weighted by atomic mass is 16.1. The zero-order valence-corrected chi connectivity index (χ0v) is 8.74. The normalized spacial score (nSPS) is 9.47. The Bertz CT molecular complexity index is 478. The monoisotopic (exact) mass is 201 g/mol. The van der Waals surface area contributed by atoms with Gasteiger partial charge in [-0.3, -0.25) is 9.89 Å². The summed E-state index contributed by atoms with van der Waals surface area (Å²) in [5, 5.41) is 7.16. The first-order valence-electron chi connectivity index (χ1n) is 4.72. The Hall–Kier alpha value is -1.78. The predicted molar refractivity (Wildman–Crippen MR) is 61.3 cm³/mol. The molecule has 76 valence electrons. The smallest absolute Gasteiger partial charge is 0.269 e. The van der Waals surface area contributed by atoms with E-state index in [2.05, 4.69) is 10.2 Å². The number of carbonyl (C=O) groups excluding carboxylic acids is 1. The first-order chi connectivity index (χ1) is 7.18. The number of H-pyrrole nitrogens is 1. The van der Waals surface area contributed by atoms with Gasteiger partial charge in [0.25, 0.3) is 5.91 Å². The van der Waals surface area contributed by atoms with Gasteiger partial charge in [0, 0.05) is 5.39 Å². The van der Waals surface area contributed by atoms with Crippen LogP contribution in [-0.4, -0.2) is 24.0 Å². The van der Waals surface area contributed by atoms with Crippen LogP contribution in [0.3, 0.4) is 0 Å². The zero-order chi connectivity index (χ0) is 11.4. The Morgan fingerprint density at radius 3 is 2.73 bits per heavy atom. The second-order valence-corrected chi connectivity index (χ2v) is 2.74. The Labute approximate surface area is 89.3 Å². The molecule has 1 heterocycles. The summed E-state index contributed by atoms with van der Waals surface area (Å²) in [7, 11) is 5.55. The number of carbonyl (C=O) groups is 1. The lowest BCUT2D eigenvalue weighted by Gasteiger charge is -1.92. The third-order valence-corrected chi connectivity index (χ3v) is 1.82. The van der Waals surface area contributed by atoms with Gasteiger partial charge in [0.2, 0.25) is 0 Å². The Kier molecular flexibility index (Phi) is 3.49. The van der Waals surface area contributed by atoms with Gasteiger partial charge in [0.05, 0.1) is 5.52 Å². The first kappa shape index (κ1) is 11.3. The number of nitrogens with zero attached hydrogens (tertiary/aromatic N) is 1. The maximum atomic E-state index is 10.9. The number of aromatic amines is 1. The van der Waals surface area contributed by atoms with Crippen molar-refractivity contribution in [2.45, 2.75) is 13.8 Å². The summed E-state index contributed by atoms with van der Waals surface area (Å²) in [6.45, 7) is 4.00. The maximum Gasteiger partial charge on any atom is 0.269 e. The fourth-order valence-electron chi connectivity index (χ4n) is 1.23. The van der Waals surface area contributed by atoms with Crippen molar-refractivity contribution in [3.8, 4) is 0 Å². The van der Waals surface area contributed by atoms with E-state index in [1.807, 2.05) is 13.8 Å². The van der Waals surface area contributed by atoms with Crippen molar-refractivity contribution < 1.29 is 4.79 Å². The molecule has 2 rings (SSSR count). The van der Waals surface area contributed by atoms with Gasteiger partial charge in [-0.1, -0.05) is 31.4 Å². The fourth-order valence-corrected chi connectivity index (χ4v) is 1.23. The number of nitrogens with two attached hydrogens (primary N) is 1. The SMILES string of the molecule is CC.[B]c1ccc2c(C(N)=O)n[nH]c2c1. The minimum absolute atomic E-state index is 0.245. The Morgan fingerprint density at radius 2 is 2.13 bits per heavy atom. The molecule has 0 atom stereocenters. The molecule has 0 aliphatic rings. The predicted octanol–water partition coefficient (Wildman–Crippen LogP) is 0.482. The summed E-state index contributed by atoms with van der Waals surface area (Å²) in [6, 6.07) is 5.12. The van der Waals surface area contributed by atoms with E-state index in [0.717, 1.165) is 0 Å². The summed E-state index contributed by atoms with van der Waals surface area (Å²) in [6.07, 6.45) is 0. The molecule has 0 fully saturated rings. The molecule has 0 aliphatic heterocycles. The summed E-state index contributed by atoms with van der Waals surface area (Å²) in [4.78, 5) is 10.9. The zero-order valence-electron chi connectivity index (χ0n) is 8.74. The molecule has 0 saturated carbocycles. The minimum atomic E-state index is -0.545. The van der Waals surface area contributed by atoms with Gasteiger partial charge in [-0.05, 0) is 6.07 Å². The summed E-state index contributed by atoms with van der Waals surface area (Å²) < 4.78 is 0. The molecule has 1 aromatic carbocycles. The van der Waals surface area contributed by atoms with Gasteiger partial charge in [-0.2, -0.15) is 5.10 Å². The standard InChI is InChI=1S/C8H6BN3O.C2H6/c9-4-1-2-5-6(3-4)11-12-7(5)8(10)13;1-2/h1-3H,(H2,10,13)(H,11,12);1-2H3. The summed E-state index contributed by atoms with van der Waals surface area (Å²) >= 11 is 0. The molecule has 0 aliphatic carbocycles. The number of aromatic nitrogens is 2. The Morgan fingerprint density at radius 1 is 1.47 bits per heavy atom. The molecule has 2 radical (unpaired) electrons. The van der Waals surface area contributed by atoms with Crippen LogP contribution in [0, 0.1) is 0 Å². The van der Waals surface area contributed by atoms with Crippen LogP contribution in [0.2, 0.25) is 0 Å². The van der Waals surface area contributed by atoms with Crippen molar-refractivity contribution in [3.05, 3.63) is 23.9 Å². The van der Waals surface area contributed by atoms with E-state index < -0.39 is 5.91 Å². The van der Waals surface area contributed by atoms with Crippen molar-refractivity contribution in [1.29, 1.82) is 0 Å². The molecule has 15 heavy (non-hydrogen) atoms. The highest BCUT2D eigenvalue weighted by Gasteiger charge is 2.09. The number of benzene rings is 1. The number of fused-ring (bicyclic) bond motifs is 1. The lowest BCUT2D eigenvalue weighted by atomic mass is 9.95. The van der Waals surface area contributed by atoms with Crippen molar-refractivity contribution in [1.82, 2.24) is 10.2 Å². The topological polar surface area (TPSA) is 71.8 Å². The molecule has 0 unspecified atom stereocenters. The molecular weight excluding hydrogens is 189 g/mol. The number of hydrogen-bond donors (Lipinski definition) is 2. The van der Waals surface area contributed by atoms with Gasteiger partial charge in [0.15, 0.2) is 5.69 Å². The van der Waals surface area contributed by atoms with Crippen LogP contribution in [0.15, 0.2) is 18.2 Å². The quantitative estimate of drug-likeness (QED) is 0.658. The van der Waals surface area contributed by atoms with E-state index in [0.29, 0.717) is 16.4 Å². The molecule has 4 nitrogen and oxygen atoms in total. The van der Waals surface area contributed by atoms with Crippen LogP contribution in [0.25, 0.3) is 10.9 Å². The molecule has 0 spiro atoms. The van der Waals surface area contributed by atoms with E-state index in [-0.39, 0.29) is 5.69 Å². The number of amides is 1. The lowest BCUT2D eigenvalue weighted by molar-refractivity contribution is 0.0997. The van der Waals surface area contributed by atoms with Crippen LogP contribution in [0.4, 0.5) is 0 Å². The molecule has 3 N–H and O–H groups in total. The number of hydrogen-bond acceptors (Lipinski definition) is 2. The molecule has 0 bridgehead atoms. The van der Waals surface area contributed by atoms with Crippen molar-refractivity contribution in [2.24, 2.45) is 5.73 Å². The van der Waals surface area contributed by atoms with Crippen molar-refractivity contribution in [3.63, 3.8) is 0 Å². The first-order valence-corrected chi connectivity index (χ1v) is 4.72. The van der Waals surface area contributed by atoms with Crippen LogP contribution >= 0.6 is 0 Å². The van der Waals surface area contributed by atoms with E-state index >= 15 is 0 Å². The second-order valence-electron chi connectivity index (χ2n) is 2.74. The highest BCUT2D eigenvalue weighted by molar-refractivity contribution is 6.33. The van der Waals surface area contributed by atoms with Crippen molar-refractivity contribution >= 4 is 30.1 Å².